The van der Waals surface area contributed by atoms with Gasteiger partial charge in [0.1, 0.15) is 6.54 Å². The summed E-state index contributed by atoms with van der Waals surface area (Å²) in [5.74, 6) is 0.510. The Bertz CT molecular complexity index is 1040. The van der Waals surface area contributed by atoms with Gasteiger partial charge in [0.05, 0.1) is 5.75 Å². The van der Waals surface area contributed by atoms with E-state index in [0.29, 0.717) is 27.9 Å². The largest absolute Gasteiger partial charge is 0.406 e. The Morgan fingerprint density at radius 1 is 1.10 bits per heavy atom. The minimum Gasteiger partial charge on any atom is -0.339 e. The van der Waals surface area contributed by atoms with Crippen LogP contribution >= 0.6 is 11.8 Å². The number of benzene rings is 1. The molecule has 0 N–H and O–H groups in total. The number of rotatable bonds is 6. The molecule has 2 heterocycles. The lowest BCUT2D eigenvalue weighted by atomic mass is 10.1. The van der Waals surface area contributed by atoms with Crippen molar-refractivity contribution in [3.05, 3.63) is 52.8 Å². The van der Waals surface area contributed by atoms with Gasteiger partial charge in [-0.05, 0) is 26.8 Å². The molecule has 0 fully saturated rings. The minimum absolute atomic E-state index is 0.0657. The number of carbonyl (C=O) groups excluding carboxylic acids is 1. The van der Waals surface area contributed by atoms with Crippen LogP contribution in [0.2, 0.25) is 0 Å². The summed E-state index contributed by atoms with van der Waals surface area (Å²) in [6, 6.07) is 9.38. The van der Waals surface area contributed by atoms with E-state index < -0.39 is 12.7 Å². The molecular formula is C20H21F3N4OS. The lowest BCUT2D eigenvalue weighted by molar-refractivity contribution is -0.141. The van der Waals surface area contributed by atoms with E-state index in [2.05, 4.69) is 10.2 Å². The summed E-state index contributed by atoms with van der Waals surface area (Å²) >= 11 is 1.21. The molecule has 0 bridgehead atoms. The first-order valence-electron chi connectivity index (χ1n) is 8.92. The molecule has 0 radical (unpaired) electrons. The van der Waals surface area contributed by atoms with E-state index in [1.165, 1.54) is 24.8 Å². The summed E-state index contributed by atoms with van der Waals surface area (Å²) in [5.41, 5.74) is 3.09. The molecule has 0 amide bonds. The summed E-state index contributed by atoms with van der Waals surface area (Å²) in [6.45, 7) is 4.00. The van der Waals surface area contributed by atoms with Crippen molar-refractivity contribution in [2.24, 2.45) is 7.05 Å². The SMILES string of the molecule is Cc1ccc(-c2nnc(SCC(=O)c3cc(C)n(CC(F)(F)F)c3C)n2C)cc1. The van der Waals surface area contributed by atoms with E-state index >= 15 is 0 Å². The van der Waals surface area contributed by atoms with Crippen LogP contribution in [0.15, 0.2) is 35.5 Å². The average Bonchev–Trinajstić information content (AvgIpc) is 3.14. The second-order valence-corrected chi connectivity index (χ2v) is 7.87. The lowest BCUT2D eigenvalue weighted by Gasteiger charge is -2.12. The van der Waals surface area contributed by atoms with Crippen LogP contribution in [0.5, 0.6) is 0 Å². The first-order valence-corrected chi connectivity index (χ1v) is 9.91. The molecule has 5 nitrogen and oxygen atoms in total. The number of halogens is 3. The van der Waals surface area contributed by atoms with Crippen LogP contribution < -0.4 is 0 Å². The van der Waals surface area contributed by atoms with E-state index in [1.807, 2.05) is 38.2 Å². The molecule has 0 unspecified atom stereocenters. The van der Waals surface area contributed by atoms with Crippen LogP contribution in [-0.4, -0.2) is 37.0 Å². The molecule has 0 atom stereocenters. The fourth-order valence-electron chi connectivity index (χ4n) is 3.11. The predicted octanol–water partition coefficient (Wildman–Crippen LogP) is 4.75. The van der Waals surface area contributed by atoms with Crippen molar-refractivity contribution < 1.29 is 18.0 Å². The lowest BCUT2D eigenvalue weighted by Crippen LogP contribution is -2.19. The zero-order chi connectivity index (χ0) is 21.3. The van der Waals surface area contributed by atoms with Crippen molar-refractivity contribution in [3.8, 4) is 11.4 Å². The third kappa shape index (κ3) is 4.72. The number of carbonyl (C=O) groups is 1. The fraction of sp³-hybridized carbons (Fsp3) is 0.350. The molecule has 3 aromatic rings. The highest BCUT2D eigenvalue weighted by molar-refractivity contribution is 7.99. The van der Waals surface area contributed by atoms with Gasteiger partial charge in [-0.15, -0.1) is 10.2 Å². The second kappa shape index (κ2) is 8.06. The standard InChI is InChI=1S/C20H21F3N4OS/c1-12-5-7-15(8-6-12)18-24-25-19(26(18)4)29-10-17(28)16-9-13(2)27(14(16)3)11-20(21,22)23/h5-9H,10-11H2,1-4H3. The van der Waals surface area contributed by atoms with Gasteiger partial charge in [0.25, 0.3) is 0 Å². The van der Waals surface area contributed by atoms with Gasteiger partial charge in [0.2, 0.25) is 0 Å². The molecule has 0 saturated carbocycles. The Morgan fingerprint density at radius 2 is 1.76 bits per heavy atom. The van der Waals surface area contributed by atoms with Gasteiger partial charge in [0.15, 0.2) is 16.8 Å². The molecule has 9 heteroatoms. The maximum Gasteiger partial charge on any atom is 0.406 e. The molecule has 2 aromatic heterocycles. The average molecular weight is 422 g/mol. The van der Waals surface area contributed by atoms with Crippen LogP contribution in [0.1, 0.15) is 27.3 Å². The highest BCUT2D eigenvalue weighted by Crippen LogP contribution is 2.26. The molecule has 29 heavy (non-hydrogen) atoms. The van der Waals surface area contributed by atoms with Crippen LogP contribution in [0.25, 0.3) is 11.4 Å². The number of Topliss-reactive ketones (excluding diaryl/α,β-unsaturated/α-hetero) is 1. The predicted molar refractivity (Wildman–Crippen MR) is 106 cm³/mol. The van der Waals surface area contributed by atoms with Crippen molar-refractivity contribution >= 4 is 17.5 Å². The van der Waals surface area contributed by atoms with Crippen molar-refractivity contribution in [2.45, 2.75) is 38.6 Å². The van der Waals surface area contributed by atoms with Crippen LogP contribution in [-0.2, 0) is 13.6 Å². The number of hydrogen-bond donors (Lipinski definition) is 0. The van der Waals surface area contributed by atoms with Gasteiger partial charge < -0.3 is 9.13 Å². The Morgan fingerprint density at radius 3 is 2.38 bits per heavy atom. The third-order valence-corrected chi connectivity index (χ3v) is 5.71. The summed E-state index contributed by atoms with van der Waals surface area (Å²) in [7, 11) is 1.82. The number of nitrogens with zero attached hydrogens (tertiary/aromatic N) is 4. The van der Waals surface area contributed by atoms with Gasteiger partial charge in [-0.25, -0.2) is 0 Å². The molecule has 1 aromatic carbocycles. The van der Waals surface area contributed by atoms with E-state index in [1.54, 1.807) is 11.5 Å². The fourth-order valence-corrected chi connectivity index (χ4v) is 3.90. The topological polar surface area (TPSA) is 52.7 Å². The Hall–Kier alpha value is -2.55. The van der Waals surface area contributed by atoms with Gasteiger partial charge in [-0.1, -0.05) is 41.6 Å². The summed E-state index contributed by atoms with van der Waals surface area (Å²) in [5, 5.41) is 8.91. The number of aryl methyl sites for hydroxylation is 2. The first-order chi connectivity index (χ1) is 13.6. The van der Waals surface area contributed by atoms with Crippen molar-refractivity contribution in [3.63, 3.8) is 0 Å². The van der Waals surface area contributed by atoms with Gasteiger partial charge in [0, 0.05) is 29.6 Å². The number of aromatic nitrogens is 4. The molecule has 0 spiro atoms. The van der Waals surface area contributed by atoms with Crippen molar-refractivity contribution in [2.75, 3.05) is 5.75 Å². The van der Waals surface area contributed by atoms with E-state index in [0.717, 1.165) is 15.7 Å². The van der Waals surface area contributed by atoms with Crippen LogP contribution in [0, 0.1) is 20.8 Å². The molecule has 0 aliphatic carbocycles. The number of hydrogen-bond acceptors (Lipinski definition) is 4. The number of alkyl halides is 3. The summed E-state index contributed by atoms with van der Waals surface area (Å²) in [6.07, 6.45) is -4.34. The summed E-state index contributed by atoms with van der Waals surface area (Å²) < 4.78 is 41.2. The van der Waals surface area contributed by atoms with Crippen LogP contribution in [0.3, 0.4) is 0 Å². The highest BCUT2D eigenvalue weighted by Gasteiger charge is 2.30. The molecule has 0 aliphatic heterocycles. The van der Waals surface area contributed by atoms with E-state index in [-0.39, 0.29) is 11.5 Å². The monoisotopic (exact) mass is 422 g/mol. The van der Waals surface area contributed by atoms with E-state index in [4.69, 9.17) is 0 Å². The highest BCUT2D eigenvalue weighted by atomic mass is 32.2. The molecule has 154 valence electrons. The quantitative estimate of drug-likeness (QED) is 0.425. The summed E-state index contributed by atoms with van der Waals surface area (Å²) in [4.78, 5) is 12.6. The maximum atomic E-state index is 12.8. The third-order valence-electron chi connectivity index (χ3n) is 4.69. The normalized spacial score (nSPS) is 11.8. The molecule has 0 saturated heterocycles. The minimum atomic E-state index is -4.34. The van der Waals surface area contributed by atoms with Gasteiger partial charge >= 0.3 is 6.18 Å². The van der Waals surface area contributed by atoms with Crippen molar-refractivity contribution in [1.82, 2.24) is 19.3 Å². The molecule has 0 aliphatic rings. The number of thioether (sulfide) groups is 1. The van der Waals surface area contributed by atoms with Crippen molar-refractivity contribution in [1.29, 1.82) is 0 Å². The van der Waals surface area contributed by atoms with E-state index in [9.17, 15) is 18.0 Å². The van der Waals surface area contributed by atoms with Crippen LogP contribution in [0.4, 0.5) is 13.2 Å². The Balaban J connectivity index is 1.73. The molecular weight excluding hydrogens is 401 g/mol. The van der Waals surface area contributed by atoms with Gasteiger partial charge in [-0.3, -0.25) is 4.79 Å². The Kier molecular flexibility index (Phi) is 5.88. The zero-order valence-electron chi connectivity index (χ0n) is 16.5. The zero-order valence-corrected chi connectivity index (χ0v) is 17.4. The Labute approximate surface area is 170 Å². The first kappa shape index (κ1) is 21.2. The maximum absolute atomic E-state index is 12.8. The second-order valence-electron chi connectivity index (χ2n) is 6.93. The number of ketones is 1. The molecule has 3 rings (SSSR count). The smallest absolute Gasteiger partial charge is 0.339 e. The van der Waals surface area contributed by atoms with Gasteiger partial charge in [-0.2, -0.15) is 13.2 Å².